The minimum Gasteiger partial charge on any atom is -0.506 e. The highest BCUT2D eigenvalue weighted by atomic mass is 19.3. The van der Waals surface area contributed by atoms with Crippen molar-refractivity contribution in [3.63, 3.8) is 0 Å². The normalized spacial score (nSPS) is 11.1. The molecule has 0 aliphatic rings. The van der Waals surface area contributed by atoms with E-state index in [1.165, 1.54) is 6.20 Å². The molecule has 0 atom stereocenters. The predicted octanol–water partition coefficient (Wildman–Crippen LogP) is 0.943. The van der Waals surface area contributed by atoms with Crippen molar-refractivity contribution in [2.75, 3.05) is 6.54 Å². The Bertz CT molecular complexity index is 359. The van der Waals surface area contributed by atoms with Gasteiger partial charge >= 0.3 is 0 Å². The summed E-state index contributed by atoms with van der Waals surface area (Å²) in [6.07, 6.45) is -1.02. The Balaban J connectivity index is 2.80. The van der Waals surface area contributed by atoms with Crippen molar-refractivity contribution in [1.82, 2.24) is 10.3 Å². The summed E-state index contributed by atoms with van der Waals surface area (Å²) in [6.45, 7) is 0.945. The highest BCUT2D eigenvalue weighted by Crippen LogP contribution is 2.23. The van der Waals surface area contributed by atoms with E-state index in [1.54, 1.807) is 6.92 Å². The van der Waals surface area contributed by atoms with Crippen LogP contribution in [0.4, 0.5) is 8.78 Å². The van der Waals surface area contributed by atoms with E-state index in [-0.39, 0.29) is 18.9 Å². The third-order valence-electron chi connectivity index (χ3n) is 2.20. The number of aromatic nitrogens is 1. The van der Waals surface area contributed by atoms with Crippen molar-refractivity contribution in [3.8, 4) is 5.75 Å². The van der Waals surface area contributed by atoms with E-state index in [9.17, 15) is 13.9 Å². The first-order valence-corrected chi connectivity index (χ1v) is 4.82. The van der Waals surface area contributed by atoms with E-state index in [1.807, 2.05) is 0 Å². The summed E-state index contributed by atoms with van der Waals surface area (Å²) in [6, 6.07) is 0. The molecule has 1 rings (SSSR count). The van der Waals surface area contributed by atoms with Gasteiger partial charge in [-0.1, -0.05) is 0 Å². The third-order valence-corrected chi connectivity index (χ3v) is 2.20. The molecule has 4 nitrogen and oxygen atoms in total. The second-order valence-corrected chi connectivity index (χ2v) is 3.38. The zero-order chi connectivity index (χ0) is 12.1. The van der Waals surface area contributed by atoms with Gasteiger partial charge in [-0.05, 0) is 6.92 Å². The van der Waals surface area contributed by atoms with Gasteiger partial charge in [-0.15, -0.1) is 0 Å². The van der Waals surface area contributed by atoms with Gasteiger partial charge in [0, 0.05) is 23.9 Å². The lowest BCUT2D eigenvalue weighted by atomic mass is 10.1. The lowest BCUT2D eigenvalue weighted by Crippen LogP contribution is -2.21. The molecule has 0 bridgehead atoms. The fourth-order valence-electron chi connectivity index (χ4n) is 1.32. The van der Waals surface area contributed by atoms with Crippen LogP contribution >= 0.6 is 0 Å². The molecule has 1 aromatic rings. The minimum atomic E-state index is -2.44. The molecule has 0 amide bonds. The van der Waals surface area contributed by atoms with Gasteiger partial charge in [0.1, 0.15) is 5.75 Å². The van der Waals surface area contributed by atoms with Crippen LogP contribution in [0, 0.1) is 6.92 Å². The van der Waals surface area contributed by atoms with Gasteiger partial charge in [0.2, 0.25) is 0 Å². The third kappa shape index (κ3) is 3.11. The van der Waals surface area contributed by atoms with Crippen LogP contribution in [0.2, 0.25) is 0 Å². The summed E-state index contributed by atoms with van der Waals surface area (Å²) in [4.78, 5) is 3.87. The van der Waals surface area contributed by atoms with E-state index in [0.29, 0.717) is 16.8 Å². The van der Waals surface area contributed by atoms with E-state index in [4.69, 9.17) is 5.11 Å². The molecule has 0 spiro atoms. The highest BCUT2D eigenvalue weighted by molar-refractivity contribution is 5.40. The topological polar surface area (TPSA) is 65.4 Å². The molecule has 0 fully saturated rings. The SMILES string of the molecule is Cc1ncc(CO)c(CNCC(F)F)c1O. The molecule has 0 aromatic carbocycles. The standard InChI is InChI=1S/C10H14F2N2O2/c1-6-10(16)8(3-13-4-9(11)12)7(5-15)2-14-6/h2,9,13,15-16H,3-5H2,1H3. The van der Waals surface area contributed by atoms with Crippen LogP contribution in [0.5, 0.6) is 5.75 Å². The summed E-state index contributed by atoms with van der Waals surface area (Å²) < 4.78 is 23.8. The molecule has 90 valence electrons. The van der Waals surface area contributed by atoms with Gasteiger partial charge in [-0.2, -0.15) is 0 Å². The monoisotopic (exact) mass is 232 g/mol. The van der Waals surface area contributed by atoms with Crippen molar-refractivity contribution >= 4 is 0 Å². The smallest absolute Gasteiger partial charge is 0.250 e. The van der Waals surface area contributed by atoms with Gasteiger partial charge in [0.05, 0.1) is 18.8 Å². The number of alkyl halides is 2. The average Bonchev–Trinajstić information content (AvgIpc) is 2.24. The number of aliphatic hydroxyl groups is 1. The molecule has 0 aliphatic heterocycles. The van der Waals surface area contributed by atoms with Crippen LogP contribution in [0.3, 0.4) is 0 Å². The largest absolute Gasteiger partial charge is 0.506 e. The summed E-state index contributed by atoms with van der Waals surface area (Å²) in [5, 5.41) is 21.2. The first-order chi connectivity index (χ1) is 7.56. The lowest BCUT2D eigenvalue weighted by molar-refractivity contribution is 0.145. The molecule has 16 heavy (non-hydrogen) atoms. The number of rotatable bonds is 5. The fraction of sp³-hybridized carbons (Fsp3) is 0.500. The number of hydrogen-bond acceptors (Lipinski definition) is 4. The molecule has 1 aromatic heterocycles. The number of aliphatic hydroxyl groups excluding tert-OH is 1. The Morgan fingerprint density at radius 2 is 2.19 bits per heavy atom. The van der Waals surface area contributed by atoms with Gasteiger partial charge < -0.3 is 15.5 Å². The van der Waals surface area contributed by atoms with Crippen LogP contribution in [0.1, 0.15) is 16.8 Å². The Kier molecular flexibility index (Phi) is 4.57. The molecular formula is C10H14F2N2O2. The van der Waals surface area contributed by atoms with Crippen LogP contribution in [-0.2, 0) is 13.2 Å². The van der Waals surface area contributed by atoms with Crippen molar-refractivity contribution in [3.05, 3.63) is 23.0 Å². The number of hydrogen-bond donors (Lipinski definition) is 3. The summed E-state index contributed by atoms with van der Waals surface area (Å²) in [7, 11) is 0. The average molecular weight is 232 g/mol. The molecule has 0 unspecified atom stereocenters. The number of pyridine rings is 1. The van der Waals surface area contributed by atoms with Crippen LogP contribution in [0.25, 0.3) is 0 Å². The van der Waals surface area contributed by atoms with Crippen LogP contribution in [0.15, 0.2) is 6.20 Å². The van der Waals surface area contributed by atoms with Crippen LogP contribution in [-0.4, -0.2) is 28.2 Å². The van der Waals surface area contributed by atoms with Gasteiger partial charge in [-0.3, -0.25) is 4.98 Å². The summed E-state index contributed by atoms with van der Waals surface area (Å²) >= 11 is 0. The molecule has 0 aliphatic carbocycles. The molecule has 0 saturated heterocycles. The maximum atomic E-state index is 11.9. The molecule has 1 heterocycles. The first kappa shape index (κ1) is 12.8. The van der Waals surface area contributed by atoms with E-state index >= 15 is 0 Å². The van der Waals surface area contributed by atoms with Crippen molar-refractivity contribution in [2.45, 2.75) is 26.5 Å². The molecule has 3 N–H and O–H groups in total. The molecule has 0 radical (unpaired) electrons. The van der Waals surface area contributed by atoms with Crippen molar-refractivity contribution in [1.29, 1.82) is 0 Å². The summed E-state index contributed by atoms with van der Waals surface area (Å²) in [5.41, 5.74) is 1.26. The van der Waals surface area contributed by atoms with Crippen LogP contribution < -0.4 is 5.32 Å². The maximum Gasteiger partial charge on any atom is 0.250 e. The number of nitrogens with one attached hydrogen (secondary N) is 1. The Labute approximate surface area is 91.9 Å². The zero-order valence-corrected chi connectivity index (χ0v) is 8.87. The Morgan fingerprint density at radius 1 is 1.50 bits per heavy atom. The van der Waals surface area contributed by atoms with Gasteiger partial charge in [0.25, 0.3) is 6.43 Å². The lowest BCUT2D eigenvalue weighted by Gasteiger charge is -2.11. The number of aryl methyl sites for hydroxylation is 1. The number of nitrogens with zero attached hydrogens (tertiary/aromatic N) is 1. The quantitative estimate of drug-likeness (QED) is 0.707. The number of halogens is 2. The van der Waals surface area contributed by atoms with Gasteiger partial charge in [-0.25, -0.2) is 8.78 Å². The second-order valence-electron chi connectivity index (χ2n) is 3.38. The van der Waals surface area contributed by atoms with E-state index in [0.717, 1.165) is 0 Å². The fourth-order valence-corrected chi connectivity index (χ4v) is 1.32. The summed E-state index contributed by atoms with van der Waals surface area (Å²) in [5.74, 6) is -0.0617. The molecule has 0 saturated carbocycles. The number of aromatic hydroxyl groups is 1. The van der Waals surface area contributed by atoms with Crippen molar-refractivity contribution in [2.24, 2.45) is 0 Å². The van der Waals surface area contributed by atoms with E-state index < -0.39 is 13.0 Å². The Morgan fingerprint density at radius 3 is 2.75 bits per heavy atom. The van der Waals surface area contributed by atoms with Gasteiger partial charge in [0.15, 0.2) is 0 Å². The molecule has 6 heteroatoms. The maximum absolute atomic E-state index is 11.9. The zero-order valence-electron chi connectivity index (χ0n) is 8.87. The minimum absolute atomic E-state index is 0.0617. The second kappa shape index (κ2) is 5.72. The highest BCUT2D eigenvalue weighted by Gasteiger charge is 2.11. The predicted molar refractivity (Wildman–Crippen MR) is 54.3 cm³/mol. The Hall–Kier alpha value is -1.27. The first-order valence-electron chi connectivity index (χ1n) is 4.82. The van der Waals surface area contributed by atoms with Crippen molar-refractivity contribution < 1.29 is 19.0 Å². The molecular weight excluding hydrogens is 218 g/mol. The van der Waals surface area contributed by atoms with E-state index in [2.05, 4.69) is 10.3 Å².